The van der Waals surface area contributed by atoms with Gasteiger partial charge in [-0.2, -0.15) is 0 Å². The van der Waals surface area contributed by atoms with Crippen LogP contribution < -0.4 is 0 Å². The van der Waals surface area contributed by atoms with E-state index in [9.17, 15) is 4.79 Å². The van der Waals surface area contributed by atoms with Crippen LogP contribution in [-0.2, 0) is 4.79 Å². The number of hydrogen-bond acceptors (Lipinski definition) is 4. The quantitative estimate of drug-likeness (QED) is 0.327. The van der Waals surface area contributed by atoms with Gasteiger partial charge in [0.1, 0.15) is 5.01 Å². The maximum absolute atomic E-state index is 12.4. The fraction of sp³-hybridized carbons (Fsp3) is 0.292. The van der Waals surface area contributed by atoms with Gasteiger partial charge in [-0.1, -0.05) is 50.2 Å². The Balaban J connectivity index is 1.65. The molecule has 0 radical (unpaired) electrons. The van der Waals surface area contributed by atoms with E-state index in [-0.39, 0.29) is 5.78 Å². The Kier molecular flexibility index (Phi) is 6.88. The predicted octanol–water partition coefficient (Wildman–Crippen LogP) is 6.45. The molecule has 0 aliphatic rings. The summed E-state index contributed by atoms with van der Waals surface area (Å²) in [5.74, 6) is 0.562. The fourth-order valence-corrected chi connectivity index (χ4v) is 4.17. The van der Waals surface area contributed by atoms with Crippen LogP contribution in [0, 0.1) is 0 Å². The summed E-state index contributed by atoms with van der Waals surface area (Å²) in [5.41, 5.74) is 4.30. The van der Waals surface area contributed by atoms with Crippen molar-refractivity contribution in [3.05, 3.63) is 65.7 Å². The standard InChI is InChI=1S/C24H26N2OS/c1-4-18(15-16-25-3)22(27)14-9-17(2)19-10-12-20(13-11-19)24-26-21-7-5-6-8-23(21)28-24/h5-8,10-13,15-17H,4,9,14H2,1-3H3/b18-15+,25-16?. The molecule has 28 heavy (non-hydrogen) atoms. The van der Waals surface area contributed by atoms with Gasteiger partial charge in [0.05, 0.1) is 10.2 Å². The molecule has 3 aromatic rings. The first kappa shape index (κ1) is 20.2. The van der Waals surface area contributed by atoms with E-state index in [1.54, 1.807) is 24.6 Å². The van der Waals surface area contributed by atoms with Crippen molar-refractivity contribution in [3.63, 3.8) is 0 Å². The SMILES string of the molecule is CC/C(=C\C=NC)C(=O)CCC(C)c1ccc(-c2nc3ccccc3s2)cc1. The number of hydrogen-bond donors (Lipinski definition) is 0. The van der Waals surface area contributed by atoms with Crippen LogP contribution in [0.5, 0.6) is 0 Å². The molecule has 3 rings (SSSR count). The summed E-state index contributed by atoms with van der Waals surface area (Å²) in [7, 11) is 1.72. The molecule has 0 amide bonds. The first-order valence-corrected chi connectivity index (χ1v) is 10.5. The molecular weight excluding hydrogens is 364 g/mol. The van der Waals surface area contributed by atoms with E-state index < -0.39 is 0 Å². The molecule has 0 spiro atoms. The van der Waals surface area contributed by atoms with Crippen molar-refractivity contribution in [3.8, 4) is 10.6 Å². The molecular formula is C24H26N2OS. The first-order chi connectivity index (χ1) is 13.6. The highest BCUT2D eigenvalue weighted by Crippen LogP contribution is 2.31. The van der Waals surface area contributed by atoms with Crippen molar-refractivity contribution in [1.82, 2.24) is 4.98 Å². The van der Waals surface area contributed by atoms with Crippen molar-refractivity contribution >= 4 is 33.6 Å². The van der Waals surface area contributed by atoms with E-state index in [4.69, 9.17) is 4.98 Å². The van der Waals surface area contributed by atoms with Crippen LogP contribution in [0.15, 0.2) is 65.2 Å². The lowest BCUT2D eigenvalue weighted by atomic mass is 9.92. The van der Waals surface area contributed by atoms with Crippen molar-refractivity contribution < 1.29 is 4.79 Å². The number of aromatic nitrogens is 1. The minimum atomic E-state index is 0.223. The maximum Gasteiger partial charge on any atom is 0.158 e. The number of ketones is 1. The number of Topliss-reactive ketones (excluding diaryl/α,β-unsaturated/α-hetero) is 1. The van der Waals surface area contributed by atoms with E-state index in [2.05, 4.69) is 42.2 Å². The summed E-state index contributed by atoms with van der Waals surface area (Å²) in [5, 5.41) is 1.05. The van der Waals surface area contributed by atoms with Gasteiger partial charge in [-0.15, -0.1) is 11.3 Å². The number of thiazole rings is 1. The van der Waals surface area contributed by atoms with Crippen molar-refractivity contribution in [2.45, 2.75) is 39.0 Å². The Labute approximate surface area is 170 Å². The summed E-state index contributed by atoms with van der Waals surface area (Å²) in [4.78, 5) is 21.1. The monoisotopic (exact) mass is 390 g/mol. The summed E-state index contributed by atoms with van der Waals surface area (Å²) in [6.45, 7) is 4.19. The van der Waals surface area contributed by atoms with Crippen LogP contribution in [-0.4, -0.2) is 24.0 Å². The molecule has 1 unspecified atom stereocenters. The third-order valence-corrected chi connectivity index (χ3v) is 6.07. The first-order valence-electron chi connectivity index (χ1n) is 9.72. The van der Waals surface area contributed by atoms with Gasteiger partial charge in [0.2, 0.25) is 0 Å². The second-order valence-electron chi connectivity index (χ2n) is 6.92. The Morgan fingerprint density at radius 3 is 2.61 bits per heavy atom. The van der Waals surface area contributed by atoms with E-state index in [0.717, 1.165) is 34.5 Å². The molecule has 2 aromatic carbocycles. The number of aliphatic imine (C=N–C) groups is 1. The Morgan fingerprint density at radius 2 is 1.93 bits per heavy atom. The Morgan fingerprint density at radius 1 is 1.18 bits per heavy atom. The molecule has 4 heteroatoms. The lowest BCUT2D eigenvalue weighted by molar-refractivity contribution is -0.115. The van der Waals surface area contributed by atoms with Crippen LogP contribution >= 0.6 is 11.3 Å². The molecule has 0 fully saturated rings. The smallest absolute Gasteiger partial charge is 0.158 e. The largest absolute Gasteiger partial charge is 0.297 e. The van der Waals surface area contributed by atoms with Gasteiger partial charge in [-0.25, -0.2) is 4.98 Å². The number of rotatable bonds is 8. The number of fused-ring (bicyclic) bond motifs is 1. The Hall–Kier alpha value is -2.59. The number of carbonyl (C=O) groups excluding carboxylic acids is 1. The van der Waals surface area contributed by atoms with Crippen LogP contribution in [0.25, 0.3) is 20.8 Å². The third kappa shape index (κ3) is 4.82. The number of allylic oxidation sites excluding steroid dienone is 2. The number of nitrogens with zero attached hydrogens (tertiary/aromatic N) is 2. The average Bonchev–Trinajstić information content (AvgIpc) is 3.17. The number of para-hydroxylation sites is 1. The number of benzene rings is 2. The highest BCUT2D eigenvalue weighted by molar-refractivity contribution is 7.21. The zero-order valence-corrected chi connectivity index (χ0v) is 17.5. The van der Waals surface area contributed by atoms with Crippen LogP contribution in [0.1, 0.15) is 44.6 Å². The molecule has 0 aliphatic carbocycles. The molecule has 0 N–H and O–H groups in total. The van der Waals surface area contributed by atoms with Crippen LogP contribution in [0.3, 0.4) is 0 Å². The minimum absolute atomic E-state index is 0.223. The lowest BCUT2D eigenvalue weighted by Gasteiger charge is -2.12. The van der Waals surface area contributed by atoms with Gasteiger partial charge in [-0.3, -0.25) is 9.79 Å². The summed E-state index contributed by atoms with van der Waals surface area (Å²) in [6, 6.07) is 16.8. The molecule has 144 valence electrons. The van der Waals surface area contributed by atoms with Gasteiger partial charge in [0.25, 0.3) is 0 Å². The topological polar surface area (TPSA) is 42.3 Å². The molecule has 0 aliphatic heterocycles. The van der Waals surface area contributed by atoms with E-state index >= 15 is 0 Å². The third-order valence-electron chi connectivity index (χ3n) is 4.99. The van der Waals surface area contributed by atoms with Crippen molar-refractivity contribution in [2.24, 2.45) is 4.99 Å². The highest BCUT2D eigenvalue weighted by atomic mass is 32.1. The van der Waals surface area contributed by atoms with Crippen molar-refractivity contribution in [1.29, 1.82) is 0 Å². The van der Waals surface area contributed by atoms with Crippen LogP contribution in [0.4, 0.5) is 0 Å². The molecule has 0 saturated heterocycles. The van der Waals surface area contributed by atoms with Crippen molar-refractivity contribution in [2.75, 3.05) is 7.05 Å². The minimum Gasteiger partial charge on any atom is -0.297 e. The second kappa shape index (κ2) is 9.56. The average molecular weight is 391 g/mol. The van der Waals surface area contributed by atoms with Gasteiger partial charge >= 0.3 is 0 Å². The molecule has 0 bridgehead atoms. The lowest BCUT2D eigenvalue weighted by Crippen LogP contribution is -2.05. The summed E-state index contributed by atoms with van der Waals surface area (Å²) in [6.07, 6.45) is 5.69. The molecule has 1 atom stereocenters. The van der Waals surface area contributed by atoms with Gasteiger partial charge in [0, 0.05) is 25.2 Å². The van der Waals surface area contributed by atoms with E-state index in [0.29, 0.717) is 12.3 Å². The Bertz CT molecular complexity index is 966. The zero-order chi connectivity index (χ0) is 19.9. The predicted molar refractivity (Wildman–Crippen MR) is 121 cm³/mol. The summed E-state index contributed by atoms with van der Waals surface area (Å²) < 4.78 is 1.21. The molecule has 3 nitrogen and oxygen atoms in total. The highest BCUT2D eigenvalue weighted by Gasteiger charge is 2.12. The second-order valence-corrected chi connectivity index (χ2v) is 7.96. The fourth-order valence-electron chi connectivity index (χ4n) is 3.20. The molecule has 0 saturated carbocycles. The van der Waals surface area contributed by atoms with Gasteiger partial charge in [0.15, 0.2) is 5.78 Å². The summed E-state index contributed by atoms with van der Waals surface area (Å²) >= 11 is 1.72. The van der Waals surface area contributed by atoms with E-state index in [1.807, 2.05) is 31.2 Å². The van der Waals surface area contributed by atoms with Gasteiger partial charge < -0.3 is 0 Å². The zero-order valence-electron chi connectivity index (χ0n) is 16.7. The van der Waals surface area contributed by atoms with Gasteiger partial charge in [-0.05, 0) is 48.1 Å². The molecule has 1 heterocycles. The number of carbonyl (C=O) groups is 1. The molecule has 1 aromatic heterocycles. The van der Waals surface area contributed by atoms with Crippen LogP contribution in [0.2, 0.25) is 0 Å². The van der Waals surface area contributed by atoms with E-state index in [1.165, 1.54) is 10.3 Å². The normalized spacial score (nSPS) is 13.3. The maximum atomic E-state index is 12.4.